The maximum atomic E-state index is 12.6. The lowest BCUT2D eigenvalue weighted by Crippen LogP contribution is -2.68. The van der Waals surface area contributed by atoms with Crippen molar-refractivity contribution in [3.8, 4) is 0 Å². The van der Waals surface area contributed by atoms with Crippen molar-refractivity contribution in [3.05, 3.63) is 35.9 Å². The zero-order valence-electron chi connectivity index (χ0n) is 30.1. The van der Waals surface area contributed by atoms with E-state index in [0.717, 1.165) is 19.9 Å². The molecular weight excluding hydrogens is 692 g/mol. The SMILES string of the molecule is CC(=O)OC[C@H]1O[C@@H](OCC[Si](C)(C)C)[C@H](OC(C)=O)[C@@H](OC(C)=O)[C@@H]1O[C@@H]1O[C@@H]2CO[C@H](c3ccccc3)O[C@@H]2[C@H](OC(C)=O)[C@H]1OC(C)=O. The fourth-order valence-electron chi connectivity index (χ4n) is 5.87. The number of carbonyl (C=O) groups excluding carboxylic acids is 5. The lowest BCUT2D eigenvalue weighted by molar-refractivity contribution is -0.386. The molecule has 3 fully saturated rings. The molecule has 0 aliphatic carbocycles. The van der Waals surface area contributed by atoms with E-state index in [1.165, 1.54) is 20.8 Å². The number of benzene rings is 1. The van der Waals surface area contributed by atoms with Crippen LogP contribution in [0.25, 0.3) is 0 Å². The first-order chi connectivity index (χ1) is 24.0. The summed E-state index contributed by atoms with van der Waals surface area (Å²) in [6.45, 7) is 12.1. The Morgan fingerprint density at radius 1 is 0.686 bits per heavy atom. The molecule has 0 bridgehead atoms. The molecule has 3 aliphatic heterocycles. The van der Waals surface area contributed by atoms with Crippen molar-refractivity contribution < 1.29 is 76.1 Å². The summed E-state index contributed by atoms with van der Waals surface area (Å²) < 4.78 is 65.3. The molecule has 51 heavy (non-hydrogen) atoms. The Bertz CT molecular complexity index is 1370. The molecule has 3 saturated heterocycles. The molecule has 0 saturated carbocycles. The van der Waals surface area contributed by atoms with Gasteiger partial charge in [-0.1, -0.05) is 50.0 Å². The van der Waals surface area contributed by atoms with E-state index in [2.05, 4.69) is 19.6 Å². The average molecular weight is 741 g/mol. The summed E-state index contributed by atoms with van der Waals surface area (Å²) in [6.07, 6.45) is -13.6. The highest BCUT2D eigenvalue weighted by molar-refractivity contribution is 6.76. The topological polar surface area (TPSA) is 187 Å². The van der Waals surface area contributed by atoms with Crippen LogP contribution in [0.3, 0.4) is 0 Å². The Labute approximate surface area is 297 Å². The zero-order chi connectivity index (χ0) is 37.5. The maximum absolute atomic E-state index is 12.6. The molecule has 3 heterocycles. The number of hydrogen-bond donors (Lipinski definition) is 0. The van der Waals surface area contributed by atoms with E-state index in [-0.39, 0.29) is 13.2 Å². The minimum absolute atomic E-state index is 0.0524. The molecule has 1 aromatic carbocycles. The van der Waals surface area contributed by atoms with Crippen LogP contribution in [0.2, 0.25) is 25.7 Å². The molecule has 0 radical (unpaired) electrons. The molecule has 284 valence electrons. The van der Waals surface area contributed by atoms with Crippen molar-refractivity contribution in [1.82, 2.24) is 0 Å². The Balaban J connectivity index is 1.72. The lowest BCUT2D eigenvalue weighted by Gasteiger charge is -2.50. The summed E-state index contributed by atoms with van der Waals surface area (Å²) in [6, 6.07) is 9.77. The van der Waals surface area contributed by atoms with E-state index in [9.17, 15) is 24.0 Å². The number of hydrogen-bond acceptors (Lipinski definition) is 16. The average Bonchev–Trinajstić information content (AvgIpc) is 3.03. The molecule has 11 atom stereocenters. The summed E-state index contributed by atoms with van der Waals surface area (Å²) >= 11 is 0. The minimum atomic E-state index is -1.59. The van der Waals surface area contributed by atoms with Gasteiger partial charge in [-0.05, 0) is 6.04 Å². The van der Waals surface area contributed by atoms with Gasteiger partial charge >= 0.3 is 29.8 Å². The molecule has 0 spiro atoms. The van der Waals surface area contributed by atoms with Crippen LogP contribution in [0.1, 0.15) is 46.5 Å². The predicted molar refractivity (Wildman–Crippen MR) is 175 cm³/mol. The van der Waals surface area contributed by atoms with Crippen molar-refractivity contribution >= 4 is 37.9 Å². The fourth-order valence-corrected chi connectivity index (χ4v) is 6.60. The Kier molecular flexibility index (Phi) is 14.1. The molecular formula is C34H48O16Si. The first-order valence-electron chi connectivity index (χ1n) is 16.7. The fraction of sp³-hybridized carbons (Fsp3) is 0.676. The normalized spacial score (nSPS) is 32.1. The summed E-state index contributed by atoms with van der Waals surface area (Å²) in [5.41, 5.74) is 0.690. The quantitative estimate of drug-likeness (QED) is 0.163. The monoisotopic (exact) mass is 740 g/mol. The van der Waals surface area contributed by atoms with Gasteiger partial charge in [0.05, 0.1) is 6.61 Å². The number of esters is 5. The molecule has 1 aromatic rings. The second-order valence-electron chi connectivity index (χ2n) is 13.6. The van der Waals surface area contributed by atoms with Crippen LogP contribution in [0.4, 0.5) is 0 Å². The second kappa shape index (κ2) is 17.9. The van der Waals surface area contributed by atoms with Crippen LogP contribution in [0.15, 0.2) is 30.3 Å². The van der Waals surface area contributed by atoms with Crippen molar-refractivity contribution in [2.45, 2.75) is 128 Å². The third-order valence-electron chi connectivity index (χ3n) is 8.03. The smallest absolute Gasteiger partial charge is 0.303 e. The first-order valence-corrected chi connectivity index (χ1v) is 20.5. The molecule has 0 N–H and O–H groups in total. The van der Waals surface area contributed by atoms with E-state index >= 15 is 0 Å². The number of ether oxygens (including phenoxy) is 11. The zero-order valence-corrected chi connectivity index (χ0v) is 31.1. The standard InChI is InChI=1S/C34H48O16Si/c1-18(35)41-16-24-27(28(43-19(2)36)30(45-21(4)38)33(47-24)40-14-15-51(6,7)8)50-34-31(46-22(5)39)29(44-20(3)37)26-25(48-34)17-42-32(49-26)23-12-10-9-11-13-23/h9-13,24-34H,14-17H2,1-8H3/t24-,25-,26+,27-,28+,29+,30-,31-,32+,33-,34+/m1/s1. The van der Waals surface area contributed by atoms with E-state index in [0.29, 0.717) is 5.56 Å². The maximum Gasteiger partial charge on any atom is 0.303 e. The van der Waals surface area contributed by atoms with Crippen LogP contribution in [-0.4, -0.2) is 119 Å². The number of carbonyl (C=O) groups is 5. The molecule has 0 amide bonds. The van der Waals surface area contributed by atoms with Gasteiger partial charge in [-0.3, -0.25) is 24.0 Å². The van der Waals surface area contributed by atoms with Crippen LogP contribution in [0, 0.1) is 0 Å². The molecule has 17 heteroatoms. The van der Waals surface area contributed by atoms with Gasteiger partial charge < -0.3 is 52.1 Å². The van der Waals surface area contributed by atoms with E-state index < -0.39 is 112 Å². The molecule has 0 aromatic heterocycles. The summed E-state index contributed by atoms with van der Waals surface area (Å²) in [5, 5.41) is 0. The summed E-state index contributed by atoms with van der Waals surface area (Å²) in [5.74, 6) is -3.61. The molecule has 16 nitrogen and oxygen atoms in total. The van der Waals surface area contributed by atoms with Crippen molar-refractivity contribution in [2.24, 2.45) is 0 Å². The van der Waals surface area contributed by atoms with Crippen molar-refractivity contribution in [3.63, 3.8) is 0 Å². The van der Waals surface area contributed by atoms with Gasteiger partial charge in [0.15, 0.2) is 43.3 Å². The second-order valence-corrected chi connectivity index (χ2v) is 19.3. The van der Waals surface area contributed by atoms with Gasteiger partial charge in [-0.2, -0.15) is 0 Å². The van der Waals surface area contributed by atoms with E-state index in [1.54, 1.807) is 12.1 Å². The highest BCUT2D eigenvalue weighted by atomic mass is 28.3. The van der Waals surface area contributed by atoms with Crippen molar-refractivity contribution in [2.75, 3.05) is 19.8 Å². The van der Waals surface area contributed by atoms with Gasteiger partial charge in [0, 0.05) is 54.9 Å². The van der Waals surface area contributed by atoms with Crippen LogP contribution >= 0.6 is 0 Å². The van der Waals surface area contributed by atoms with Gasteiger partial charge in [-0.25, -0.2) is 0 Å². The van der Waals surface area contributed by atoms with Gasteiger partial charge in [0.1, 0.15) is 31.0 Å². The van der Waals surface area contributed by atoms with Crippen LogP contribution < -0.4 is 0 Å². The van der Waals surface area contributed by atoms with Gasteiger partial charge in [0.25, 0.3) is 0 Å². The lowest BCUT2D eigenvalue weighted by atomic mass is 9.95. The van der Waals surface area contributed by atoms with Crippen LogP contribution in [-0.2, 0) is 76.1 Å². The Morgan fingerprint density at radius 3 is 1.82 bits per heavy atom. The highest BCUT2D eigenvalue weighted by Crippen LogP contribution is 2.39. The number of rotatable bonds is 13. The van der Waals surface area contributed by atoms with E-state index in [4.69, 9.17) is 52.1 Å². The van der Waals surface area contributed by atoms with Gasteiger partial charge in [-0.15, -0.1) is 0 Å². The Morgan fingerprint density at radius 2 is 1.25 bits per heavy atom. The van der Waals surface area contributed by atoms with Crippen molar-refractivity contribution in [1.29, 1.82) is 0 Å². The molecule has 0 unspecified atom stereocenters. The summed E-state index contributed by atoms with van der Waals surface area (Å²) in [7, 11) is -1.59. The third kappa shape index (κ3) is 11.5. The first kappa shape index (κ1) is 40.3. The summed E-state index contributed by atoms with van der Waals surface area (Å²) in [4.78, 5) is 61.9. The molecule has 3 aliphatic rings. The predicted octanol–water partition coefficient (Wildman–Crippen LogP) is 2.58. The Hall–Kier alpha value is -3.45. The highest BCUT2D eigenvalue weighted by Gasteiger charge is 2.58. The number of fused-ring (bicyclic) bond motifs is 1. The van der Waals surface area contributed by atoms with Crippen LogP contribution in [0.5, 0.6) is 0 Å². The third-order valence-corrected chi connectivity index (χ3v) is 9.74. The molecule has 4 rings (SSSR count). The van der Waals surface area contributed by atoms with E-state index in [1.807, 2.05) is 18.2 Å². The minimum Gasteiger partial charge on any atom is -0.463 e. The largest absolute Gasteiger partial charge is 0.463 e. The van der Waals surface area contributed by atoms with Gasteiger partial charge in [0.2, 0.25) is 0 Å².